The van der Waals surface area contributed by atoms with Crippen LogP contribution in [0.5, 0.6) is 0 Å². The molecule has 1 fully saturated rings. The molecule has 0 radical (unpaired) electrons. The number of carbonyl (C=O) groups is 1. The highest BCUT2D eigenvalue weighted by Gasteiger charge is 2.20. The number of hydrogen-bond donors (Lipinski definition) is 3. The Labute approximate surface area is 96.6 Å². The molecule has 1 atom stereocenters. The van der Waals surface area contributed by atoms with Gasteiger partial charge < -0.3 is 20.5 Å². The molecule has 1 saturated carbocycles. The molecule has 1 aliphatic rings. The van der Waals surface area contributed by atoms with Crippen LogP contribution in [0, 0.1) is 0 Å². The molecule has 0 spiro atoms. The number of carbonyl (C=O) groups excluding carboxylic acids is 1. The highest BCUT2D eigenvalue weighted by molar-refractivity contribution is 5.76. The molecule has 94 valence electrons. The summed E-state index contributed by atoms with van der Waals surface area (Å²) in [5.41, 5.74) is 0. The van der Waals surface area contributed by atoms with E-state index >= 15 is 0 Å². The molecule has 0 heterocycles. The van der Waals surface area contributed by atoms with Crippen molar-refractivity contribution < 1.29 is 14.6 Å². The predicted octanol–water partition coefficient (Wildman–Crippen LogP) is -0.358. The number of hydrogen-bond acceptors (Lipinski definition) is 4. The lowest BCUT2D eigenvalue weighted by atomic mass is 10.2. The van der Waals surface area contributed by atoms with Crippen molar-refractivity contribution in [2.75, 3.05) is 26.9 Å². The second-order valence-corrected chi connectivity index (χ2v) is 4.21. The van der Waals surface area contributed by atoms with Crippen LogP contribution in [0.2, 0.25) is 0 Å². The van der Waals surface area contributed by atoms with Crippen LogP contribution < -0.4 is 10.6 Å². The lowest BCUT2D eigenvalue weighted by molar-refractivity contribution is -0.122. The average Bonchev–Trinajstić information content (AvgIpc) is 3.02. The van der Waals surface area contributed by atoms with Crippen molar-refractivity contribution in [3.8, 4) is 0 Å². The van der Waals surface area contributed by atoms with Gasteiger partial charge in [-0.2, -0.15) is 0 Å². The lowest BCUT2D eigenvalue weighted by Gasteiger charge is -2.16. The van der Waals surface area contributed by atoms with Crippen molar-refractivity contribution in [1.82, 2.24) is 10.6 Å². The van der Waals surface area contributed by atoms with Gasteiger partial charge in [-0.05, 0) is 19.3 Å². The number of aliphatic hydroxyl groups is 1. The van der Waals surface area contributed by atoms with Crippen molar-refractivity contribution >= 4 is 5.91 Å². The van der Waals surface area contributed by atoms with Crippen molar-refractivity contribution in [2.24, 2.45) is 0 Å². The van der Waals surface area contributed by atoms with E-state index in [4.69, 9.17) is 9.84 Å². The van der Waals surface area contributed by atoms with Gasteiger partial charge in [-0.25, -0.2) is 0 Å². The summed E-state index contributed by atoms with van der Waals surface area (Å²) in [4.78, 5) is 11.5. The van der Waals surface area contributed by atoms with Crippen LogP contribution >= 0.6 is 0 Å². The summed E-state index contributed by atoms with van der Waals surface area (Å²) < 4.78 is 4.97. The van der Waals surface area contributed by atoms with Crippen LogP contribution in [0.25, 0.3) is 0 Å². The number of amides is 1. The van der Waals surface area contributed by atoms with E-state index in [2.05, 4.69) is 10.6 Å². The van der Waals surface area contributed by atoms with E-state index in [9.17, 15) is 4.79 Å². The SMILES string of the molecule is COCC(CCO)NC(=O)CCNC1CC1. The minimum absolute atomic E-state index is 0.0173. The number of methoxy groups -OCH3 is 1. The van der Waals surface area contributed by atoms with Crippen molar-refractivity contribution in [3.63, 3.8) is 0 Å². The van der Waals surface area contributed by atoms with Gasteiger partial charge in [0.15, 0.2) is 0 Å². The van der Waals surface area contributed by atoms with Crippen LogP contribution in [-0.4, -0.2) is 50.0 Å². The Kier molecular flexibility index (Phi) is 6.37. The molecule has 0 bridgehead atoms. The first kappa shape index (κ1) is 13.4. The fraction of sp³-hybridized carbons (Fsp3) is 0.909. The quantitative estimate of drug-likeness (QED) is 0.506. The lowest BCUT2D eigenvalue weighted by Crippen LogP contribution is -2.39. The van der Waals surface area contributed by atoms with E-state index < -0.39 is 0 Å². The Hall–Kier alpha value is -0.650. The number of aliphatic hydroxyl groups excluding tert-OH is 1. The minimum Gasteiger partial charge on any atom is -0.396 e. The molecule has 0 aromatic rings. The van der Waals surface area contributed by atoms with Gasteiger partial charge in [-0.15, -0.1) is 0 Å². The van der Waals surface area contributed by atoms with Crippen LogP contribution in [0.1, 0.15) is 25.7 Å². The normalized spacial score (nSPS) is 17.1. The molecule has 0 aromatic carbocycles. The largest absolute Gasteiger partial charge is 0.396 e. The molecule has 3 N–H and O–H groups in total. The first-order valence-corrected chi connectivity index (χ1v) is 5.88. The molecule has 0 saturated heterocycles. The summed E-state index contributed by atoms with van der Waals surface area (Å²) in [5, 5.41) is 14.9. The van der Waals surface area contributed by atoms with Crippen LogP contribution in [0.3, 0.4) is 0 Å². The van der Waals surface area contributed by atoms with Gasteiger partial charge in [0.25, 0.3) is 0 Å². The van der Waals surface area contributed by atoms with E-state index in [0.29, 0.717) is 25.5 Å². The highest BCUT2D eigenvalue weighted by atomic mass is 16.5. The summed E-state index contributed by atoms with van der Waals surface area (Å²) in [6, 6.07) is 0.559. The summed E-state index contributed by atoms with van der Waals surface area (Å²) in [6.45, 7) is 1.24. The van der Waals surface area contributed by atoms with Crippen LogP contribution in [-0.2, 0) is 9.53 Å². The molecule has 1 rings (SSSR count). The Morgan fingerprint density at radius 2 is 2.31 bits per heavy atom. The monoisotopic (exact) mass is 230 g/mol. The Morgan fingerprint density at radius 3 is 2.88 bits per heavy atom. The van der Waals surface area contributed by atoms with Crippen LogP contribution in [0.15, 0.2) is 0 Å². The number of rotatable bonds is 9. The van der Waals surface area contributed by atoms with Crippen LogP contribution in [0.4, 0.5) is 0 Å². The fourth-order valence-electron chi connectivity index (χ4n) is 1.53. The van der Waals surface area contributed by atoms with Gasteiger partial charge in [-0.3, -0.25) is 4.79 Å². The molecule has 16 heavy (non-hydrogen) atoms. The second-order valence-electron chi connectivity index (χ2n) is 4.21. The summed E-state index contributed by atoms with van der Waals surface area (Å²) in [5.74, 6) is 0.0173. The Morgan fingerprint density at radius 1 is 1.56 bits per heavy atom. The zero-order valence-corrected chi connectivity index (χ0v) is 9.87. The van der Waals surface area contributed by atoms with E-state index in [1.807, 2.05) is 0 Å². The topological polar surface area (TPSA) is 70.6 Å². The zero-order valence-electron chi connectivity index (χ0n) is 9.87. The maximum absolute atomic E-state index is 11.5. The molecule has 1 amide bonds. The van der Waals surface area contributed by atoms with E-state index in [1.54, 1.807) is 7.11 Å². The van der Waals surface area contributed by atoms with E-state index in [0.717, 1.165) is 6.54 Å². The van der Waals surface area contributed by atoms with E-state index in [-0.39, 0.29) is 18.6 Å². The van der Waals surface area contributed by atoms with Gasteiger partial charge in [0, 0.05) is 32.7 Å². The molecule has 5 heteroatoms. The Bertz CT molecular complexity index is 201. The molecule has 5 nitrogen and oxygen atoms in total. The van der Waals surface area contributed by atoms with Gasteiger partial charge in [0.05, 0.1) is 12.6 Å². The average molecular weight is 230 g/mol. The molecule has 1 aliphatic carbocycles. The first-order valence-electron chi connectivity index (χ1n) is 5.88. The third-order valence-corrected chi connectivity index (χ3v) is 2.57. The summed E-state index contributed by atoms with van der Waals surface area (Å²) >= 11 is 0. The third kappa shape index (κ3) is 6.05. The summed E-state index contributed by atoms with van der Waals surface area (Å²) in [7, 11) is 1.59. The first-order chi connectivity index (χ1) is 7.76. The number of nitrogens with one attached hydrogen (secondary N) is 2. The van der Waals surface area contributed by atoms with Crippen molar-refractivity contribution in [1.29, 1.82) is 0 Å². The van der Waals surface area contributed by atoms with Gasteiger partial charge in [0.1, 0.15) is 0 Å². The third-order valence-electron chi connectivity index (χ3n) is 2.57. The minimum atomic E-state index is -0.0802. The number of ether oxygens (including phenoxy) is 1. The van der Waals surface area contributed by atoms with Gasteiger partial charge in [-0.1, -0.05) is 0 Å². The predicted molar refractivity (Wildman–Crippen MR) is 61.2 cm³/mol. The maximum Gasteiger partial charge on any atom is 0.221 e. The van der Waals surface area contributed by atoms with Gasteiger partial charge >= 0.3 is 0 Å². The van der Waals surface area contributed by atoms with E-state index in [1.165, 1.54) is 12.8 Å². The highest BCUT2D eigenvalue weighted by Crippen LogP contribution is 2.18. The molecule has 0 aromatic heterocycles. The smallest absolute Gasteiger partial charge is 0.221 e. The summed E-state index contributed by atoms with van der Waals surface area (Å²) in [6.07, 6.45) is 3.49. The second kappa shape index (κ2) is 7.60. The fourth-order valence-corrected chi connectivity index (χ4v) is 1.53. The molecular weight excluding hydrogens is 208 g/mol. The molecule has 1 unspecified atom stereocenters. The standard InChI is InChI=1S/C11H22N2O3/c1-16-8-10(5-7-14)13-11(15)4-6-12-9-2-3-9/h9-10,12,14H,2-8H2,1H3,(H,13,15). The van der Waals surface area contributed by atoms with Crippen molar-refractivity contribution in [3.05, 3.63) is 0 Å². The van der Waals surface area contributed by atoms with Crippen molar-refractivity contribution in [2.45, 2.75) is 37.8 Å². The molecule has 0 aliphatic heterocycles. The zero-order chi connectivity index (χ0) is 11.8. The Balaban J connectivity index is 2.07. The van der Waals surface area contributed by atoms with Gasteiger partial charge in [0.2, 0.25) is 5.91 Å². The maximum atomic E-state index is 11.5. The molecular formula is C11H22N2O3.